The molecule has 0 fully saturated rings. The van der Waals surface area contributed by atoms with E-state index >= 15 is 0 Å². The standard InChI is InChI=1S/C9H7I/c10-6-7-1-2-8-3-4-9(8)5-7/h1-5H,6H2. The zero-order valence-corrected chi connectivity index (χ0v) is 7.63. The van der Waals surface area contributed by atoms with Gasteiger partial charge in [-0.1, -0.05) is 52.9 Å². The van der Waals surface area contributed by atoms with Crippen LogP contribution in [0.2, 0.25) is 0 Å². The number of hydrogen-bond acceptors (Lipinski definition) is 0. The summed E-state index contributed by atoms with van der Waals surface area (Å²) in [5.41, 5.74) is 4.20. The number of halogens is 1. The highest BCUT2D eigenvalue weighted by Crippen LogP contribution is 2.24. The van der Waals surface area contributed by atoms with E-state index < -0.39 is 0 Å². The normalized spacial score (nSPS) is 12.5. The molecule has 0 spiro atoms. The van der Waals surface area contributed by atoms with Gasteiger partial charge in [0.15, 0.2) is 0 Å². The maximum Gasteiger partial charge on any atom is 0.0247 e. The van der Waals surface area contributed by atoms with E-state index in [0.29, 0.717) is 0 Å². The summed E-state index contributed by atoms with van der Waals surface area (Å²) in [5.74, 6) is 0. The van der Waals surface area contributed by atoms with E-state index in [4.69, 9.17) is 0 Å². The van der Waals surface area contributed by atoms with Crippen LogP contribution in [0.3, 0.4) is 0 Å². The fourth-order valence-electron chi connectivity index (χ4n) is 1.09. The fraction of sp³-hybridized carbons (Fsp3) is 0.111. The van der Waals surface area contributed by atoms with Gasteiger partial charge in [0.2, 0.25) is 0 Å². The van der Waals surface area contributed by atoms with Gasteiger partial charge in [0.05, 0.1) is 0 Å². The van der Waals surface area contributed by atoms with Crippen molar-refractivity contribution in [3.05, 3.63) is 34.9 Å². The van der Waals surface area contributed by atoms with Gasteiger partial charge in [0.25, 0.3) is 0 Å². The third-order valence-electron chi connectivity index (χ3n) is 1.75. The first-order valence-electron chi connectivity index (χ1n) is 3.27. The van der Waals surface area contributed by atoms with Crippen LogP contribution in [0.4, 0.5) is 0 Å². The van der Waals surface area contributed by atoms with Crippen LogP contribution in [0.25, 0.3) is 12.2 Å². The number of benzene rings is 1. The monoisotopic (exact) mass is 242 g/mol. The Morgan fingerprint density at radius 3 is 2.40 bits per heavy atom. The lowest BCUT2D eigenvalue weighted by molar-refractivity contribution is 1.42. The topological polar surface area (TPSA) is 0 Å². The summed E-state index contributed by atoms with van der Waals surface area (Å²) in [4.78, 5) is 0. The highest BCUT2D eigenvalue weighted by atomic mass is 127. The molecule has 0 N–H and O–H groups in total. The molecule has 10 heavy (non-hydrogen) atoms. The molecule has 1 aromatic rings. The van der Waals surface area contributed by atoms with E-state index in [0.717, 1.165) is 4.43 Å². The van der Waals surface area contributed by atoms with Gasteiger partial charge >= 0.3 is 0 Å². The van der Waals surface area contributed by atoms with Gasteiger partial charge in [-0.25, -0.2) is 0 Å². The fourth-order valence-corrected chi connectivity index (χ4v) is 1.56. The third kappa shape index (κ3) is 0.888. The summed E-state index contributed by atoms with van der Waals surface area (Å²) in [7, 11) is 0. The second-order valence-electron chi connectivity index (χ2n) is 2.43. The first-order valence-corrected chi connectivity index (χ1v) is 4.80. The molecule has 0 aliphatic heterocycles. The Morgan fingerprint density at radius 1 is 1.10 bits per heavy atom. The third-order valence-corrected chi connectivity index (χ3v) is 2.63. The molecule has 0 atom stereocenters. The Morgan fingerprint density at radius 2 is 1.90 bits per heavy atom. The van der Waals surface area contributed by atoms with Gasteiger partial charge < -0.3 is 0 Å². The van der Waals surface area contributed by atoms with Crippen LogP contribution in [0.5, 0.6) is 0 Å². The molecule has 2 rings (SSSR count). The van der Waals surface area contributed by atoms with E-state index in [2.05, 4.69) is 52.9 Å². The number of alkyl halides is 1. The average Bonchev–Trinajstić information content (AvgIpc) is 1.92. The molecule has 1 aromatic carbocycles. The van der Waals surface area contributed by atoms with E-state index in [1.54, 1.807) is 0 Å². The van der Waals surface area contributed by atoms with Crippen LogP contribution in [0, 0.1) is 0 Å². The highest BCUT2D eigenvalue weighted by molar-refractivity contribution is 14.1. The van der Waals surface area contributed by atoms with Crippen LogP contribution in [-0.4, -0.2) is 0 Å². The van der Waals surface area contributed by atoms with Crippen molar-refractivity contribution >= 4 is 34.7 Å². The highest BCUT2D eigenvalue weighted by Gasteiger charge is 2.03. The zero-order valence-electron chi connectivity index (χ0n) is 5.47. The van der Waals surface area contributed by atoms with Gasteiger partial charge in [0.1, 0.15) is 0 Å². The van der Waals surface area contributed by atoms with Crippen molar-refractivity contribution in [3.8, 4) is 0 Å². The van der Waals surface area contributed by atoms with E-state index in [-0.39, 0.29) is 0 Å². The summed E-state index contributed by atoms with van der Waals surface area (Å²) in [6.07, 6.45) is 4.30. The summed E-state index contributed by atoms with van der Waals surface area (Å²) in [6, 6.07) is 6.62. The van der Waals surface area contributed by atoms with Crippen molar-refractivity contribution in [2.24, 2.45) is 0 Å². The Kier molecular flexibility index (Phi) is 1.52. The molecule has 0 heterocycles. The Labute approximate surface area is 74.1 Å². The van der Waals surface area contributed by atoms with Crippen LogP contribution in [0.1, 0.15) is 16.7 Å². The summed E-state index contributed by atoms with van der Waals surface area (Å²) in [5, 5.41) is 0. The van der Waals surface area contributed by atoms with Crippen molar-refractivity contribution in [1.29, 1.82) is 0 Å². The summed E-state index contributed by atoms with van der Waals surface area (Å²) in [6.45, 7) is 0. The van der Waals surface area contributed by atoms with Crippen LogP contribution < -0.4 is 0 Å². The molecule has 0 saturated carbocycles. The van der Waals surface area contributed by atoms with Gasteiger partial charge in [-0.15, -0.1) is 0 Å². The lowest BCUT2D eigenvalue weighted by Gasteiger charge is -2.10. The van der Waals surface area contributed by atoms with E-state index in [1.165, 1.54) is 16.7 Å². The quantitative estimate of drug-likeness (QED) is 0.532. The number of rotatable bonds is 1. The molecule has 50 valence electrons. The SMILES string of the molecule is ICc1ccc2c(c1)C=C2. The van der Waals surface area contributed by atoms with Crippen molar-refractivity contribution in [2.75, 3.05) is 0 Å². The largest absolute Gasteiger partial charge is 0.0812 e. The van der Waals surface area contributed by atoms with Crippen LogP contribution >= 0.6 is 22.6 Å². The Bertz CT molecular complexity index is 287. The van der Waals surface area contributed by atoms with E-state index in [1.807, 2.05) is 0 Å². The van der Waals surface area contributed by atoms with Crippen LogP contribution in [0.15, 0.2) is 18.2 Å². The lowest BCUT2D eigenvalue weighted by Crippen LogP contribution is -1.90. The van der Waals surface area contributed by atoms with Crippen molar-refractivity contribution in [1.82, 2.24) is 0 Å². The van der Waals surface area contributed by atoms with Gasteiger partial charge in [-0.2, -0.15) is 0 Å². The molecule has 0 saturated heterocycles. The zero-order chi connectivity index (χ0) is 6.97. The Balaban J connectivity index is 2.46. The number of hydrogen-bond donors (Lipinski definition) is 0. The van der Waals surface area contributed by atoms with Crippen molar-refractivity contribution < 1.29 is 0 Å². The second kappa shape index (κ2) is 2.38. The number of fused-ring (bicyclic) bond motifs is 1. The minimum absolute atomic E-state index is 1.11. The Hall–Kier alpha value is -0.310. The molecule has 0 bridgehead atoms. The molecule has 1 heteroatoms. The molecular weight excluding hydrogens is 235 g/mol. The molecule has 0 nitrogen and oxygen atoms in total. The van der Waals surface area contributed by atoms with Gasteiger partial charge in [-0.3, -0.25) is 0 Å². The maximum absolute atomic E-state index is 2.38. The molecule has 0 aromatic heterocycles. The lowest BCUT2D eigenvalue weighted by atomic mass is 9.96. The van der Waals surface area contributed by atoms with Gasteiger partial charge in [0, 0.05) is 4.43 Å². The molecule has 0 unspecified atom stereocenters. The first kappa shape index (κ1) is 6.40. The molecular formula is C9H7I. The average molecular weight is 242 g/mol. The minimum atomic E-state index is 1.11. The van der Waals surface area contributed by atoms with E-state index in [9.17, 15) is 0 Å². The molecule has 1 aliphatic rings. The smallest absolute Gasteiger partial charge is 0.0247 e. The summed E-state index contributed by atoms with van der Waals surface area (Å²) >= 11 is 2.38. The van der Waals surface area contributed by atoms with Crippen LogP contribution in [-0.2, 0) is 4.43 Å². The first-order chi connectivity index (χ1) is 4.90. The second-order valence-corrected chi connectivity index (χ2v) is 3.19. The van der Waals surface area contributed by atoms with Crippen molar-refractivity contribution in [3.63, 3.8) is 0 Å². The van der Waals surface area contributed by atoms with Gasteiger partial charge in [-0.05, 0) is 16.7 Å². The van der Waals surface area contributed by atoms with Crippen molar-refractivity contribution in [2.45, 2.75) is 4.43 Å². The minimum Gasteiger partial charge on any atom is -0.0812 e. The molecule has 0 amide bonds. The molecule has 0 radical (unpaired) electrons. The predicted octanol–water partition coefficient (Wildman–Crippen LogP) is 3.11. The predicted molar refractivity (Wildman–Crippen MR) is 53.1 cm³/mol. The maximum atomic E-state index is 2.38. The molecule has 1 aliphatic carbocycles. The summed E-state index contributed by atoms with van der Waals surface area (Å²) < 4.78 is 1.11.